The summed E-state index contributed by atoms with van der Waals surface area (Å²) in [7, 11) is 0. The first-order valence-electron chi connectivity index (χ1n) is 9.49. The van der Waals surface area contributed by atoms with Crippen LogP contribution in [0.5, 0.6) is 0 Å². The number of carbonyl (C=O) groups excluding carboxylic acids is 1. The number of hydrogen-bond donors (Lipinski definition) is 0. The van der Waals surface area contributed by atoms with Crippen LogP contribution in [0.2, 0.25) is 0 Å². The molecule has 0 aliphatic carbocycles. The van der Waals surface area contributed by atoms with Crippen LogP contribution in [0.15, 0.2) is 36.9 Å². The van der Waals surface area contributed by atoms with E-state index in [1.807, 2.05) is 4.90 Å². The Kier molecular flexibility index (Phi) is 6.66. The minimum absolute atomic E-state index is 0.0487. The molecule has 7 heteroatoms. The number of aromatic nitrogens is 2. The highest BCUT2D eigenvalue weighted by atomic mass is 19.1. The van der Waals surface area contributed by atoms with E-state index < -0.39 is 5.82 Å². The molecule has 2 heterocycles. The van der Waals surface area contributed by atoms with Crippen LogP contribution in [0.4, 0.5) is 4.39 Å². The van der Waals surface area contributed by atoms with Gasteiger partial charge in [0, 0.05) is 50.6 Å². The van der Waals surface area contributed by atoms with E-state index >= 15 is 0 Å². The van der Waals surface area contributed by atoms with Gasteiger partial charge in [0.25, 0.3) is 0 Å². The van der Waals surface area contributed by atoms with Crippen molar-refractivity contribution in [2.45, 2.75) is 45.3 Å². The fourth-order valence-corrected chi connectivity index (χ4v) is 3.75. The van der Waals surface area contributed by atoms with Crippen molar-refractivity contribution in [1.82, 2.24) is 19.8 Å². The second-order valence-corrected chi connectivity index (χ2v) is 7.17. The lowest BCUT2D eigenvalue weighted by Crippen LogP contribution is -2.39. The topological polar surface area (TPSA) is 73.1 Å². The maximum atomic E-state index is 13.4. The molecule has 146 valence electrons. The van der Waals surface area contributed by atoms with Crippen LogP contribution in [-0.2, 0) is 17.9 Å². The molecule has 1 unspecified atom stereocenters. The quantitative estimate of drug-likeness (QED) is 0.796. The highest BCUT2D eigenvalue weighted by Gasteiger charge is 2.25. The Morgan fingerprint density at radius 3 is 2.82 bits per heavy atom. The Labute approximate surface area is 164 Å². The van der Waals surface area contributed by atoms with E-state index in [1.165, 1.54) is 18.5 Å². The molecule has 1 aliphatic rings. The van der Waals surface area contributed by atoms with Crippen molar-refractivity contribution >= 4 is 5.91 Å². The molecule has 3 rings (SSSR count). The van der Waals surface area contributed by atoms with Crippen LogP contribution < -0.4 is 0 Å². The molecule has 0 saturated carbocycles. The summed E-state index contributed by atoms with van der Waals surface area (Å²) in [5.41, 5.74) is 2.14. The van der Waals surface area contributed by atoms with Crippen molar-refractivity contribution in [2.75, 3.05) is 13.1 Å². The second-order valence-electron chi connectivity index (χ2n) is 7.17. The van der Waals surface area contributed by atoms with Gasteiger partial charge < -0.3 is 4.90 Å². The highest BCUT2D eigenvalue weighted by Crippen LogP contribution is 2.21. The maximum absolute atomic E-state index is 13.4. The number of amides is 1. The zero-order chi connectivity index (χ0) is 19.9. The first kappa shape index (κ1) is 19.9. The number of hydrogen-bond acceptors (Lipinski definition) is 5. The predicted molar refractivity (Wildman–Crippen MR) is 102 cm³/mol. The van der Waals surface area contributed by atoms with E-state index in [-0.39, 0.29) is 11.9 Å². The van der Waals surface area contributed by atoms with Crippen molar-refractivity contribution in [1.29, 1.82) is 5.26 Å². The third-order valence-corrected chi connectivity index (χ3v) is 5.19. The number of rotatable bonds is 5. The van der Waals surface area contributed by atoms with Gasteiger partial charge >= 0.3 is 0 Å². The zero-order valence-electron chi connectivity index (χ0n) is 16.0. The lowest BCUT2D eigenvalue weighted by Gasteiger charge is -2.30. The monoisotopic (exact) mass is 381 g/mol. The SMILES string of the molecule is CC(=O)N(Cc1cncnc1)C1CCCN(Cc2ccc(F)cc2C#N)CC1. The van der Waals surface area contributed by atoms with Crippen LogP contribution in [-0.4, -0.2) is 44.8 Å². The normalized spacial score (nSPS) is 17.5. The summed E-state index contributed by atoms with van der Waals surface area (Å²) in [6.07, 6.45) is 7.71. The number of nitrogens with zero attached hydrogens (tertiary/aromatic N) is 5. The van der Waals surface area contributed by atoms with Gasteiger partial charge in [-0.05, 0) is 43.5 Å². The van der Waals surface area contributed by atoms with E-state index in [0.29, 0.717) is 18.7 Å². The van der Waals surface area contributed by atoms with Gasteiger partial charge in [0.2, 0.25) is 5.91 Å². The van der Waals surface area contributed by atoms with Crippen molar-refractivity contribution in [3.63, 3.8) is 0 Å². The van der Waals surface area contributed by atoms with E-state index in [2.05, 4.69) is 20.9 Å². The molecule has 1 saturated heterocycles. The van der Waals surface area contributed by atoms with Gasteiger partial charge in [-0.25, -0.2) is 14.4 Å². The fraction of sp³-hybridized carbons (Fsp3) is 0.429. The van der Waals surface area contributed by atoms with Gasteiger partial charge in [0.1, 0.15) is 12.1 Å². The van der Waals surface area contributed by atoms with Gasteiger partial charge in [0.05, 0.1) is 11.6 Å². The maximum Gasteiger partial charge on any atom is 0.219 e. The van der Waals surface area contributed by atoms with Gasteiger partial charge in [-0.1, -0.05) is 6.07 Å². The lowest BCUT2D eigenvalue weighted by molar-refractivity contribution is -0.132. The molecule has 0 bridgehead atoms. The highest BCUT2D eigenvalue weighted by molar-refractivity contribution is 5.73. The number of likely N-dealkylation sites (tertiary alicyclic amines) is 1. The fourth-order valence-electron chi connectivity index (χ4n) is 3.75. The van der Waals surface area contributed by atoms with Gasteiger partial charge in [0.15, 0.2) is 0 Å². The largest absolute Gasteiger partial charge is 0.335 e. The van der Waals surface area contributed by atoms with Crippen LogP contribution in [0.25, 0.3) is 0 Å². The molecule has 2 aromatic rings. The Hall–Kier alpha value is -2.85. The lowest BCUT2D eigenvalue weighted by atomic mass is 10.1. The van der Waals surface area contributed by atoms with Crippen LogP contribution in [0, 0.1) is 17.1 Å². The number of benzene rings is 1. The number of halogens is 1. The Morgan fingerprint density at radius 2 is 2.11 bits per heavy atom. The van der Waals surface area contributed by atoms with Crippen LogP contribution >= 0.6 is 0 Å². The number of carbonyl (C=O) groups is 1. The zero-order valence-corrected chi connectivity index (χ0v) is 16.0. The van der Waals surface area contributed by atoms with Gasteiger partial charge in [-0.15, -0.1) is 0 Å². The summed E-state index contributed by atoms with van der Waals surface area (Å²) < 4.78 is 13.4. The van der Waals surface area contributed by atoms with Crippen molar-refractivity contribution in [3.8, 4) is 6.07 Å². The van der Waals surface area contributed by atoms with Crippen molar-refractivity contribution < 1.29 is 9.18 Å². The molecule has 1 aromatic carbocycles. The summed E-state index contributed by atoms with van der Waals surface area (Å²) in [5.74, 6) is -0.342. The molecule has 6 nitrogen and oxygen atoms in total. The van der Waals surface area contributed by atoms with E-state index in [1.54, 1.807) is 25.4 Å². The minimum Gasteiger partial charge on any atom is -0.335 e. The third-order valence-electron chi connectivity index (χ3n) is 5.19. The molecule has 1 atom stereocenters. The summed E-state index contributed by atoms with van der Waals surface area (Å²) in [6, 6.07) is 6.61. The van der Waals surface area contributed by atoms with Crippen molar-refractivity contribution in [2.24, 2.45) is 0 Å². The third kappa shape index (κ3) is 5.11. The van der Waals surface area contributed by atoms with E-state index in [4.69, 9.17) is 0 Å². The predicted octanol–water partition coefficient (Wildman–Crippen LogP) is 2.89. The van der Waals surface area contributed by atoms with Crippen molar-refractivity contribution in [3.05, 3.63) is 59.4 Å². The Morgan fingerprint density at radius 1 is 1.32 bits per heavy atom. The van der Waals surface area contributed by atoms with Gasteiger partial charge in [-0.3, -0.25) is 9.69 Å². The molecular weight excluding hydrogens is 357 g/mol. The molecule has 28 heavy (non-hydrogen) atoms. The molecule has 0 spiro atoms. The summed E-state index contributed by atoms with van der Waals surface area (Å²) >= 11 is 0. The molecule has 1 fully saturated rings. The number of nitriles is 1. The molecule has 1 amide bonds. The molecule has 0 radical (unpaired) electrons. The second kappa shape index (κ2) is 9.38. The first-order chi connectivity index (χ1) is 13.6. The molecular formula is C21H24FN5O. The molecule has 1 aromatic heterocycles. The van der Waals surface area contributed by atoms with Crippen LogP contribution in [0.1, 0.15) is 42.9 Å². The molecule has 0 N–H and O–H groups in total. The van der Waals surface area contributed by atoms with Gasteiger partial charge in [-0.2, -0.15) is 5.26 Å². The Balaban J connectivity index is 1.65. The Bertz CT molecular complexity index is 852. The summed E-state index contributed by atoms with van der Waals surface area (Å²) in [4.78, 5) is 24.5. The minimum atomic E-state index is -0.391. The standard InChI is InChI=1S/C21H24FN5O/c1-16(28)27(13-17-11-24-15-25-12-17)21-3-2-7-26(8-6-21)14-18-4-5-20(22)9-19(18)10-23/h4-5,9,11-12,15,21H,2-3,6-8,13-14H2,1H3. The average Bonchev–Trinajstić information content (AvgIpc) is 2.93. The van der Waals surface area contributed by atoms with E-state index in [0.717, 1.165) is 43.5 Å². The molecule has 1 aliphatic heterocycles. The first-order valence-corrected chi connectivity index (χ1v) is 9.49. The smallest absolute Gasteiger partial charge is 0.219 e. The van der Waals surface area contributed by atoms with E-state index in [9.17, 15) is 14.4 Å². The van der Waals surface area contributed by atoms with Crippen LogP contribution in [0.3, 0.4) is 0 Å². The average molecular weight is 381 g/mol. The summed E-state index contributed by atoms with van der Waals surface area (Å²) in [6.45, 7) is 4.44. The summed E-state index contributed by atoms with van der Waals surface area (Å²) in [5, 5.41) is 9.25.